The third-order valence-corrected chi connectivity index (χ3v) is 4.01. The van der Waals surface area contributed by atoms with E-state index in [0.717, 1.165) is 23.7 Å². The van der Waals surface area contributed by atoms with Crippen molar-refractivity contribution < 1.29 is 9.53 Å². The number of nitrogens with zero attached hydrogens (tertiary/aromatic N) is 2. The summed E-state index contributed by atoms with van der Waals surface area (Å²) in [4.78, 5) is 14.2. The second-order valence-electron chi connectivity index (χ2n) is 4.49. The zero-order valence-corrected chi connectivity index (χ0v) is 12.3. The molecule has 1 fully saturated rings. The van der Waals surface area contributed by atoms with Gasteiger partial charge in [-0.2, -0.15) is 5.26 Å². The molecule has 1 amide bonds. The Hall–Kier alpha value is -1.54. The molecule has 1 aromatic carbocycles. The van der Waals surface area contributed by atoms with Gasteiger partial charge >= 0.3 is 0 Å². The van der Waals surface area contributed by atoms with Gasteiger partial charge in [-0.25, -0.2) is 0 Å². The highest BCUT2D eigenvalue weighted by Crippen LogP contribution is 2.26. The van der Waals surface area contributed by atoms with Gasteiger partial charge in [0.1, 0.15) is 11.8 Å². The second kappa shape index (κ2) is 6.07. The third-order valence-electron chi connectivity index (χ3n) is 3.32. The average molecular weight is 323 g/mol. The van der Waals surface area contributed by atoms with Crippen molar-refractivity contribution in [3.8, 4) is 11.8 Å². The summed E-state index contributed by atoms with van der Waals surface area (Å²) in [7, 11) is 1.57. The van der Waals surface area contributed by atoms with Crippen molar-refractivity contribution in [1.29, 1.82) is 5.26 Å². The summed E-state index contributed by atoms with van der Waals surface area (Å²) in [5, 5.41) is 9.15. The summed E-state index contributed by atoms with van der Waals surface area (Å²) in [6.45, 7) is 0.640. The highest BCUT2D eigenvalue weighted by atomic mass is 79.9. The summed E-state index contributed by atoms with van der Waals surface area (Å²) >= 11 is 3.38. The number of likely N-dealkylation sites (tertiary alicyclic amines) is 1. The molecular weight excluding hydrogens is 308 g/mol. The van der Waals surface area contributed by atoms with Gasteiger partial charge in [-0.1, -0.05) is 0 Å². The Morgan fingerprint density at radius 2 is 2.32 bits per heavy atom. The van der Waals surface area contributed by atoms with Crippen LogP contribution in [0.1, 0.15) is 29.6 Å². The molecular formula is C14H15BrN2O2. The average Bonchev–Trinajstić information content (AvgIpc) is 2.47. The largest absolute Gasteiger partial charge is 0.497 e. The van der Waals surface area contributed by atoms with E-state index in [1.165, 1.54) is 0 Å². The molecule has 0 saturated carbocycles. The quantitative estimate of drug-likeness (QED) is 0.841. The Morgan fingerprint density at radius 3 is 3.00 bits per heavy atom. The number of carbonyl (C=O) groups excluding carboxylic acids is 1. The molecule has 4 nitrogen and oxygen atoms in total. The van der Waals surface area contributed by atoms with Crippen molar-refractivity contribution in [3.63, 3.8) is 0 Å². The molecule has 0 aromatic heterocycles. The number of carbonyl (C=O) groups is 1. The fraction of sp³-hybridized carbons (Fsp3) is 0.429. The molecule has 0 radical (unpaired) electrons. The van der Waals surface area contributed by atoms with E-state index in [9.17, 15) is 4.79 Å². The monoisotopic (exact) mass is 322 g/mol. The summed E-state index contributed by atoms with van der Waals surface area (Å²) in [6.07, 6.45) is 2.70. The molecule has 1 aliphatic heterocycles. The van der Waals surface area contributed by atoms with E-state index in [1.54, 1.807) is 30.2 Å². The van der Waals surface area contributed by atoms with Crippen LogP contribution in [0, 0.1) is 11.3 Å². The van der Waals surface area contributed by atoms with E-state index in [2.05, 4.69) is 22.0 Å². The van der Waals surface area contributed by atoms with E-state index in [0.29, 0.717) is 17.9 Å². The standard InChI is InChI=1S/C14H15BrN2O2/c1-19-11-5-6-13(15)12(8-11)14(18)17-7-3-2-4-10(17)9-16/h5-6,8,10H,2-4,7H2,1H3. The molecule has 1 aromatic rings. The Kier molecular flexibility index (Phi) is 4.43. The van der Waals surface area contributed by atoms with Gasteiger partial charge in [0.25, 0.3) is 5.91 Å². The molecule has 100 valence electrons. The molecule has 1 atom stereocenters. The Bertz CT molecular complexity index is 525. The molecule has 5 heteroatoms. The van der Waals surface area contributed by atoms with Gasteiger partial charge < -0.3 is 9.64 Å². The van der Waals surface area contributed by atoms with Crippen LogP contribution in [-0.4, -0.2) is 30.5 Å². The van der Waals surface area contributed by atoms with E-state index in [-0.39, 0.29) is 11.9 Å². The van der Waals surface area contributed by atoms with Crippen molar-refractivity contribution in [2.75, 3.05) is 13.7 Å². The van der Waals surface area contributed by atoms with Crippen LogP contribution in [0.2, 0.25) is 0 Å². The zero-order valence-electron chi connectivity index (χ0n) is 10.7. The van der Waals surface area contributed by atoms with Crippen molar-refractivity contribution in [1.82, 2.24) is 4.90 Å². The first kappa shape index (κ1) is 13.9. The molecule has 1 aliphatic rings. The zero-order chi connectivity index (χ0) is 13.8. The maximum absolute atomic E-state index is 12.5. The summed E-state index contributed by atoms with van der Waals surface area (Å²) < 4.78 is 5.87. The number of halogens is 1. The van der Waals surface area contributed by atoms with Gasteiger partial charge in [0, 0.05) is 11.0 Å². The summed E-state index contributed by atoms with van der Waals surface area (Å²) in [5.74, 6) is 0.522. The smallest absolute Gasteiger partial charge is 0.256 e. The molecule has 1 unspecified atom stereocenters. The fourth-order valence-corrected chi connectivity index (χ4v) is 2.68. The molecule has 0 N–H and O–H groups in total. The van der Waals surface area contributed by atoms with Gasteiger partial charge in [0.2, 0.25) is 0 Å². The van der Waals surface area contributed by atoms with Crippen LogP contribution in [0.3, 0.4) is 0 Å². The maximum atomic E-state index is 12.5. The van der Waals surface area contributed by atoms with Crippen molar-refractivity contribution in [3.05, 3.63) is 28.2 Å². The van der Waals surface area contributed by atoms with Crippen LogP contribution in [-0.2, 0) is 0 Å². The lowest BCUT2D eigenvalue weighted by molar-refractivity contribution is 0.0669. The molecule has 0 bridgehead atoms. The number of amides is 1. The van der Waals surface area contributed by atoms with Crippen molar-refractivity contribution >= 4 is 21.8 Å². The Labute approximate surface area is 121 Å². The minimum absolute atomic E-state index is 0.114. The molecule has 0 aliphatic carbocycles. The Balaban J connectivity index is 2.30. The number of hydrogen-bond donors (Lipinski definition) is 0. The van der Waals surface area contributed by atoms with Gasteiger partial charge in [-0.05, 0) is 53.4 Å². The SMILES string of the molecule is COc1ccc(Br)c(C(=O)N2CCCCC2C#N)c1. The number of rotatable bonds is 2. The normalized spacial score (nSPS) is 18.8. The molecule has 1 saturated heterocycles. The lowest BCUT2D eigenvalue weighted by Crippen LogP contribution is -2.43. The summed E-state index contributed by atoms with van der Waals surface area (Å²) in [5.41, 5.74) is 0.543. The number of ether oxygens (including phenoxy) is 1. The Morgan fingerprint density at radius 1 is 1.53 bits per heavy atom. The van der Waals surface area contributed by atoms with E-state index >= 15 is 0 Å². The first-order chi connectivity index (χ1) is 9.17. The van der Waals surface area contributed by atoms with Gasteiger partial charge in [0.15, 0.2) is 0 Å². The number of hydrogen-bond acceptors (Lipinski definition) is 3. The molecule has 19 heavy (non-hydrogen) atoms. The molecule has 1 heterocycles. The van der Waals surface area contributed by atoms with Gasteiger partial charge in [-0.3, -0.25) is 4.79 Å². The minimum Gasteiger partial charge on any atom is -0.497 e. The first-order valence-electron chi connectivity index (χ1n) is 6.21. The van der Waals surface area contributed by atoms with Crippen LogP contribution < -0.4 is 4.74 Å². The van der Waals surface area contributed by atoms with E-state index in [1.807, 2.05) is 0 Å². The van der Waals surface area contributed by atoms with Crippen LogP contribution in [0.15, 0.2) is 22.7 Å². The summed E-state index contributed by atoms with van der Waals surface area (Å²) in [6, 6.07) is 7.17. The van der Waals surface area contributed by atoms with Gasteiger partial charge in [0.05, 0.1) is 18.7 Å². The predicted molar refractivity (Wildman–Crippen MR) is 75.0 cm³/mol. The van der Waals surface area contributed by atoms with Crippen LogP contribution in [0.5, 0.6) is 5.75 Å². The van der Waals surface area contributed by atoms with Crippen molar-refractivity contribution in [2.45, 2.75) is 25.3 Å². The lowest BCUT2D eigenvalue weighted by Gasteiger charge is -2.31. The van der Waals surface area contributed by atoms with Crippen LogP contribution in [0.4, 0.5) is 0 Å². The van der Waals surface area contributed by atoms with Crippen molar-refractivity contribution in [2.24, 2.45) is 0 Å². The second-order valence-corrected chi connectivity index (χ2v) is 5.34. The lowest BCUT2D eigenvalue weighted by atomic mass is 10.0. The number of nitriles is 1. The number of piperidine rings is 1. The predicted octanol–water partition coefficient (Wildman–Crippen LogP) is 2.98. The maximum Gasteiger partial charge on any atom is 0.256 e. The number of methoxy groups -OCH3 is 1. The minimum atomic E-state index is -0.320. The molecule has 0 spiro atoms. The van der Waals surface area contributed by atoms with Crippen LogP contribution >= 0.6 is 15.9 Å². The van der Waals surface area contributed by atoms with Gasteiger partial charge in [-0.15, -0.1) is 0 Å². The van der Waals surface area contributed by atoms with E-state index in [4.69, 9.17) is 10.00 Å². The highest BCUT2D eigenvalue weighted by molar-refractivity contribution is 9.10. The van der Waals surface area contributed by atoms with E-state index < -0.39 is 0 Å². The van der Waals surface area contributed by atoms with Crippen LogP contribution in [0.25, 0.3) is 0 Å². The highest BCUT2D eigenvalue weighted by Gasteiger charge is 2.28. The fourth-order valence-electron chi connectivity index (χ4n) is 2.26. The number of benzene rings is 1. The topological polar surface area (TPSA) is 53.3 Å². The first-order valence-corrected chi connectivity index (χ1v) is 7.01. The molecule has 2 rings (SSSR count). The third kappa shape index (κ3) is 2.90.